The molecule has 1 fully saturated rings. The van der Waals surface area contributed by atoms with E-state index < -0.39 is 11.6 Å². The number of hydrogen-bond acceptors (Lipinski definition) is 5. The van der Waals surface area contributed by atoms with Gasteiger partial charge in [-0.3, -0.25) is 0 Å². The fourth-order valence-electron chi connectivity index (χ4n) is 3.35. The average molecular weight is 425 g/mol. The Labute approximate surface area is 178 Å². The van der Waals surface area contributed by atoms with Crippen LogP contribution in [0.15, 0.2) is 54.6 Å². The van der Waals surface area contributed by atoms with E-state index in [9.17, 15) is 13.6 Å². The first-order valence-electron chi connectivity index (χ1n) is 9.77. The van der Waals surface area contributed by atoms with Gasteiger partial charge >= 0.3 is 6.03 Å². The zero-order valence-corrected chi connectivity index (χ0v) is 16.9. The highest BCUT2D eigenvalue weighted by Crippen LogP contribution is 2.23. The highest BCUT2D eigenvalue weighted by atomic mass is 19.2. The maximum atomic E-state index is 13.3. The number of benzene rings is 2. The van der Waals surface area contributed by atoms with Gasteiger partial charge in [-0.15, -0.1) is 10.2 Å². The van der Waals surface area contributed by atoms with Crippen LogP contribution in [0.4, 0.5) is 25.1 Å². The lowest BCUT2D eigenvalue weighted by molar-refractivity contribution is 0.208. The summed E-state index contributed by atoms with van der Waals surface area (Å²) >= 11 is 0. The van der Waals surface area contributed by atoms with Gasteiger partial charge in [0.1, 0.15) is 5.75 Å². The molecule has 31 heavy (non-hydrogen) atoms. The molecule has 0 bridgehead atoms. The molecule has 2 amide bonds. The van der Waals surface area contributed by atoms with Crippen LogP contribution >= 0.6 is 0 Å². The third-order valence-corrected chi connectivity index (χ3v) is 5.08. The predicted molar refractivity (Wildman–Crippen MR) is 113 cm³/mol. The number of carbonyl (C=O) groups excluding carboxylic acids is 1. The van der Waals surface area contributed by atoms with Gasteiger partial charge in [-0.25, -0.2) is 13.6 Å². The van der Waals surface area contributed by atoms with E-state index in [1.54, 1.807) is 12.0 Å². The Balaban J connectivity index is 1.35. The standard InChI is InChI=1S/C22H21F2N5O2/c1-31-17-4-2-3-15(13-17)20-7-8-21(27-26-20)28-9-11-29(12-10-28)22(30)25-16-5-6-18(23)19(24)14-16/h2-8,13-14H,9-12H2,1H3,(H,25,30). The quantitative estimate of drug-likeness (QED) is 0.689. The summed E-state index contributed by atoms with van der Waals surface area (Å²) in [4.78, 5) is 16.1. The molecule has 0 saturated carbocycles. The van der Waals surface area contributed by atoms with Crippen molar-refractivity contribution in [1.82, 2.24) is 15.1 Å². The normalized spacial score (nSPS) is 13.8. The van der Waals surface area contributed by atoms with Crippen LogP contribution in [0.5, 0.6) is 5.75 Å². The van der Waals surface area contributed by atoms with Gasteiger partial charge in [0, 0.05) is 43.5 Å². The number of ether oxygens (including phenoxy) is 1. The number of urea groups is 1. The number of methoxy groups -OCH3 is 1. The second-order valence-electron chi connectivity index (χ2n) is 7.04. The summed E-state index contributed by atoms with van der Waals surface area (Å²) < 4.78 is 31.6. The lowest BCUT2D eigenvalue weighted by atomic mass is 10.1. The van der Waals surface area contributed by atoms with Crippen LogP contribution in [-0.4, -0.2) is 54.4 Å². The summed E-state index contributed by atoms with van der Waals surface area (Å²) in [5, 5.41) is 11.2. The van der Waals surface area contributed by atoms with Gasteiger partial charge in [0.15, 0.2) is 17.5 Å². The Kier molecular flexibility index (Phi) is 5.92. The molecule has 0 radical (unpaired) electrons. The molecule has 0 aliphatic carbocycles. The molecule has 0 spiro atoms. The first-order chi connectivity index (χ1) is 15.0. The van der Waals surface area contributed by atoms with Gasteiger partial charge in [0.05, 0.1) is 12.8 Å². The van der Waals surface area contributed by atoms with E-state index in [1.807, 2.05) is 41.3 Å². The molecule has 1 saturated heterocycles. The van der Waals surface area contributed by atoms with Crippen LogP contribution in [0.2, 0.25) is 0 Å². The zero-order chi connectivity index (χ0) is 21.8. The lowest BCUT2D eigenvalue weighted by Crippen LogP contribution is -2.50. The van der Waals surface area contributed by atoms with Crippen molar-refractivity contribution in [3.05, 3.63) is 66.2 Å². The fourth-order valence-corrected chi connectivity index (χ4v) is 3.35. The van der Waals surface area contributed by atoms with Crippen molar-refractivity contribution >= 4 is 17.5 Å². The van der Waals surface area contributed by atoms with Gasteiger partial charge in [0.25, 0.3) is 0 Å². The molecule has 1 N–H and O–H groups in total. The number of piperazine rings is 1. The van der Waals surface area contributed by atoms with Crippen molar-refractivity contribution in [2.75, 3.05) is 43.5 Å². The van der Waals surface area contributed by atoms with Crippen LogP contribution in [-0.2, 0) is 0 Å². The molecule has 2 heterocycles. The largest absolute Gasteiger partial charge is 0.497 e. The fraction of sp³-hybridized carbons (Fsp3) is 0.227. The van der Waals surface area contributed by atoms with Crippen molar-refractivity contribution < 1.29 is 18.3 Å². The number of rotatable bonds is 4. The van der Waals surface area contributed by atoms with Crippen LogP contribution < -0.4 is 15.0 Å². The van der Waals surface area contributed by atoms with Gasteiger partial charge in [0.2, 0.25) is 0 Å². The first kappa shape index (κ1) is 20.5. The number of anilines is 2. The number of hydrogen-bond donors (Lipinski definition) is 1. The monoisotopic (exact) mass is 425 g/mol. The van der Waals surface area contributed by atoms with Crippen LogP contribution in [0, 0.1) is 11.6 Å². The first-order valence-corrected chi connectivity index (χ1v) is 9.77. The second kappa shape index (κ2) is 8.95. The molecule has 7 nitrogen and oxygen atoms in total. The predicted octanol–water partition coefficient (Wildman–Crippen LogP) is 3.78. The van der Waals surface area contributed by atoms with Crippen LogP contribution in [0.3, 0.4) is 0 Å². The number of nitrogens with zero attached hydrogens (tertiary/aromatic N) is 4. The Morgan fingerprint density at radius 2 is 1.77 bits per heavy atom. The van der Waals surface area contributed by atoms with Gasteiger partial charge in [-0.05, 0) is 36.4 Å². The minimum atomic E-state index is -1.00. The number of aromatic nitrogens is 2. The summed E-state index contributed by atoms with van der Waals surface area (Å²) in [6.07, 6.45) is 0. The van der Waals surface area contributed by atoms with E-state index in [-0.39, 0.29) is 11.7 Å². The maximum Gasteiger partial charge on any atom is 0.321 e. The molecule has 1 aliphatic heterocycles. The van der Waals surface area contributed by atoms with E-state index in [0.717, 1.165) is 35.0 Å². The molecule has 160 valence electrons. The smallest absolute Gasteiger partial charge is 0.321 e. The minimum Gasteiger partial charge on any atom is -0.497 e. The van der Waals surface area contributed by atoms with Gasteiger partial charge in [-0.2, -0.15) is 0 Å². The Bertz CT molecular complexity index is 1070. The third-order valence-electron chi connectivity index (χ3n) is 5.08. The molecular weight excluding hydrogens is 404 g/mol. The Morgan fingerprint density at radius 1 is 0.968 bits per heavy atom. The summed E-state index contributed by atoms with van der Waals surface area (Å²) in [5.41, 5.74) is 1.87. The topological polar surface area (TPSA) is 70.6 Å². The van der Waals surface area contributed by atoms with Crippen LogP contribution in [0.1, 0.15) is 0 Å². The summed E-state index contributed by atoms with van der Waals surface area (Å²) in [7, 11) is 1.62. The third kappa shape index (κ3) is 4.71. The lowest BCUT2D eigenvalue weighted by Gasteiger charge is -2.35. The average Bonchev–Trinajstić information content (AvgIpc) is 2.82. The highest BCUT2D eigenvalue weighted by Gasteiger charge is 2.22. The Morgan fingerprint density at radius 3 is 2.45 bits per heavy atom. The molecular formula is C22H21F2N5O2. The molecule has 0 atom stereocenters. The number of amides is 2. The molecule has 1 aliphatic rings. The molecule has 2 aromatic carbocycles. The SMILES string of the molecule is COc1cccc(-c2ccc(N3CCN(C(=O)Nc4ccc(F)c(F)c4)CC3)nn2)c1. The molecule has 1 aromatic heterocycles. The molecule has 4 rings (SSSR count). The van der Waals surface area contributed by atoms with E-state index in [2.05, 4.69) is 15.5 Å². The molecule has 3 aromatic rings. The minimum absolute atomic E-state index is 0.213. The van der Waals surface area contributed by atoms with Crippen molar-refractivity contribution in [3.8, 4) is 17.0 Å². The molecule has 9 heteroatoms. The maximum absolute atomic E-state index is 13.3. The number of nitrogens with one attached hydrogen (secondary N) is 1. The van der Waals surface area contributed by atoms with Crippen molar-refractivity contribution in [3.63, 3.8) is 0 Å². The zero-order valence-electron chi connectivity index (χ0n) is 16.9. The van der Waals surface area contributed by atoms with Gasteiger partial charge in [-0.1, -0.05) is 12.1 Å². The van der Waals surface area contributed by atoms with E-state index in [0.29, 0.717) is 26.2 Å². The van der Waals surface area contributed by atoms with Crippen molar-refractivity contribution in [2.45, 2.75) is 0 Å². The van der Waals surface area contributed by atoms with Gasteiger partial charge < -0.3 is 19.9 Å². The summed E-state index contributed by atoms with van der Waals surface area (Å²) in [5.74, 6) is -0.475. The van der Waals surface area contributed by atoms with Crippen molar-refractivity contribution in [2.24, 2.45) is 0 Å². The highest BCUT2D eigenvalue weighted by molar-refractivity contribution is 5.89. The van der Waals surface area contributed by atoms with E-state index in [1.165, 1.54) is 6.07 Å². The van der Waals surface area contributed by atoms with Crippen LogP contribution in [0.25, 0.3) is 11.3 Å². The number of carbonyl (C=O) groups is 1. The summed E-state index contributed by atoms with van der Waals surface area (Å²) in [6.45, 7) is 2.10. The second-order valence-corrected chi connectivity index (χ2v) is 7.04. The number of halogens is 2. The van der Waals surface area contributed by atoms with E-state index in [4.69, 9.17) is 4.74 Å². The van der Waals surface area contributed by atoms with Crippen molar-refractivity contribution in [1.29, 1.82) is 0 Å². The Hall–Kier alpha value is -3.75. The molecule has 0 unspecified atom stereocenters. The van der Waals surface area contributed by atoms with E-state index >= 15 is 0 Å². The summed E-state index contributed by atoms with van der Waals surface area (Å²) in [6, 6.07) is 14.3.